The van der Waals surface area contributed by atoms with Crippen molar-refractivity contribution in [2.75, 3.05) is 13.2 Å². The fourth-order valence-electron chi connectivity index (χ4n) is 9.95. The van der Waals surface area contributed by atoms with Crippen LogP contribution in [0.25, 0.3) is 0 Å². The Balaban J connectivity index is 4.22. The van der Waals surface area contributed by atoms with Crippen LogP contribution in [0.15, 0.2) is 109 Å². The topological polar surface area (TPSA) is 78.9 Å². The van der Waals surface area contributed by atoms with Crippen LogP contribution in [-0.2, 0) is 28.6 Å². The molecule has 0 N–H and O–H groups in total. The highest BCUT2D eigenvalue weighted by atomic mass is 16.6. The maximum absolute atomic E-state index is 12.9. The Morgan fingerprint density at radius 3 is 0.795 bits per heavy atom. The third-order valence-electron chi connectivity index (χ3n) is 15.2. The van der Waals surface area contributed by atoms with Gasteiger partial charge in [-0.3, -0.25) is 14.4 Å². The molecule has 6 nitrogen and oxygen atoms in total. The normalized spacial score (nSPS) is 12.8. The Bertz CT molecular complexity index is 1660. The number of ether oxygens (including phenoxy) is 3. The fraction of sp³-hybridized carbons (Fsp3) is 0.727. The number of unbranched alkanes of at least 4 members (excludes halogenated alkanes) is 35. The van der Waals surface area contributed by atoms with E-state index in [1.807, 2.05) is 0 Å². The first-order chi connectivity index (χ1) is 41.0. The molecular weight excluding hydrogens is 1020 g/mol. The lowest BCUT2D eigenvalue weighted by atomic mass is 10.0. The molecule has 0 saturated carbocycles. The smallest absolute Gasteiger partial charge is 0.306 e. The van der Waals surface area contributed by atoms with Crippen LogP contribution in [0.3, 0.4) is 0 Å². The molecule has 83 heavy (non-hydrogen) atoms. The van der Waals surface area contributed by atoms with Gasteiger partial charge in [-0.25, -0.2) is 0 Å². The quantitative estimate of drug-likeness (QED) is 0.0261. The molecule has 0 aromatic carbocycles. The van der Waals surface area contributed by atoms with Gasteiger partial charge in [0.1, 0.15) is 13.2 Å². The van der Waals surface area contributed by atoms with E-state index in [4.69, 9.17) is 14.2 Å². The molecule has 0 radical (unpaired) electrons. The van der Waals surface area contributed by atoms with E-state index in [0.29, 0.717) is 19.3 Å². The Morgan fingerprint density at radius 1 is 0.253 bits per heavy atom. The monoisotopic (exact) mass is 1150 g/mol. The zero-order valence-corrected chi connectivity index (χ0v) is 54.7. The number of carbonyl (C=O) groups is 3. The van der Waals surface area contributed by atoms with Gasteiger partial charge in [0.25, 0.3) is 0 Å². The molecule has 0 aliphatic heterocycles. The fourth-order valence-corrected chi connectivity index (χ4v) is 9.95. The van der Waals surface area contributed by atoms with E-state index in [1.165, 1.54) is 180 Å². The number of hydrogen-bond acceptors (Lipinski definition) is 6. The Labute approximate surface area is 514 Å². The predicted octanol–water partition coefficient (Wildman–Crippen LogP) is 24.6. The van der Waals surface area contributed by atoms with Crippen molar-refractivity contribution in [3.05, 3.63) is 109 Å². The Morgan fingerprint density at radius 2 is 0.494 bits per heavy atom. The number of carbonyl (C=O) groups excluding carboxylic acids is 3. The molecule has 0 heterocycles. The summed E-state index contributed by atoms with van der Waals surface area (Å²) in [6.07, 6.45) is 96.9. The average molecular weight is 1150 g/mol. The highest BCUT2D eigenvalue weighted by Gasteiger charge is 2.19. The van der Waals surface area contributed by atoms with E-state index < -0.39 is 6.10 Å². The van der Waals surface area contributed by atoms with Crippen LogP contribution in [0.4, 0.5) is 0 Å². The molecule has 1 atom stereocenters. The summed E-state index contributed by atoms with van der Waals surface area (Å²) >= 11 is 0. The van der Waals surface area contributed by atoms with Gasteiger partial charge >= 0.3 is 17.9 Å². The van der Waals surface area contributed by atoms with E-state index in [2.05, 4.69) is 130 Å². The molecule has 0 amide bonds. The van der Waals surface area contributed by atoms with Crippen LogP contribution in [0, 0.1) is 0 Å². The van der Waals surface area contributed by atoms with E-state index in [1.54, 1.807) is 0 Å². The van der Waals surface area contributed by atoms with Crippen molar-refractivity contribution in [3.63, 3.8) is 0 Å². The van der Waals surface area contributed by atoms with Crippen molar-refractivity contribution in [1.82, 2.24) is 0 Å². The average Bonchev–Trinajstić information content (AvgIpc) is 3.49. The molecule has 0 spiro atoms. The zero-order chi connectivity index (χ0) is 59.9. The molecule has 476 valence electrons. The summed E-state index contributed by atoms with van der Waals surface area (Å²) < 4.78 is 17.0. The number of esters is 3. The molecular formula is C77H132O6. The van der Waals surface area contributed by atoms with Gasteiger partial charge in [-0.05, 0) is 122 Å². The Kier molecular flexibility index (Phi) is 67.2. The van der Waals surface area contributed by atoms with E-state index in [-0.39, 0.29) is 31.1 Å². The minimum absolute atomic E-state index is 0.0815. The van der Waals surface area contributed by atoms with Crippen LogP contribution >= 0.6 is 0 Å². The highest BCUT2D eigenvalue weighted by molar-refractivity contribution is 5.71. The van der Waals surface area contributed by atoms with Crippen molar-refractivity contribution in [3.8, 4) is 0 Å². The van der Waals surface area contributed by atoms with Gasteiger partial charge in [-0.15, -0.1) is 0 Å². The van der Waals surface area contributed by atoms with Gasteiger partial charge in [0, 0.05) is 19.3 Å². The van der Waals surface area contributed by atoms with E-state index in [9.17, 15) is 14.4 Å². The van der Waals surface area contributed by atoms with Crippen LogP contribution in [-0.4, -0.2) is 37.2 Å². The first kappa shape index (κ1) is 79.1. The molecule has 1 unspecified atom stereocenters. The highest BCUT2D eigenvalue weighted by Crippen LogP contribution is 2.17. The minimum Gasteiger partial charge on any atom is -0.462 e. The molecule has 0 aromatic rings. The van der Waals surface area contributed by atoms with E-state index in [0.717, 1.165) is 122 Å². The van der Waals surface area contributed by atoms with Gasteiger partial charge in [0.05, 0.1) is 0 Å². The lowest BCUT2D eigenvalue weighted by Gasteiger charge is -2.18. The van der Waals surface area contributed by atoms with Crippen molar-refractivity contribution >= 4 is 17.9 Å². The second-order valence-electron chi connectivity index (χ2n) is 23.4. The van der Waals surface area contributed by atoms with Gasteiger partial charge in [0.2, 0.25) is 0 Å². The van der Waals surface area contributed by atoms with Gasteiger partial charge in [-0.2, -0.15) is 0 Å². The SMILES string of the molecule is CC/C=C\C/C=C\C/C=C\C/C=C\C/C=C\C/C=C\CCCCCCCCCCCCCCCCC(=O)OCC(COC(=O)CCCCCCC/C=C\C/C=C\CCC)OC(=O)CCCCCCCCCCC/C=C\CCCCCCCC. The van der Waals surface area contributed by atoms with Gasteiger partial charge < -0.3 is 14.2 Å². The van der Waals surface area contributed by atoms with Crippen molar-refractivity contribution < 1.29 is 28.6 Å². The molecule has 0 saturated heterocycles. The Hall–Kier alpha value is -3.93. The van der Waals surface area contributed by atoms with Crippen LogP contribution in [0.5, 0.6) is 0 Å². The summed E-state index contributed by atoms with van der Waals surface area (Å²) in [5.41, 5.74) is 0. The number of hydrogen-bond donors (Lipinski definition) is 0. The third kappa shape index (κ3) is 68.7. The molecule has 0 fully saturated rings. The van der Waals surface area contributed by atoms with Crippen molar-refractivity contribution in [2.24, 2.45) is 0 Å². The van der Waals surface area contributed by atoms with Crippen LogP contribution in [0.1, 0.15) is 342 Å². The van der Waals surface area contributed by atoms with Crippen molar-refractivity contribution in [2.45, 2.75) is 348 Å². The molecule has 0 aliphatic carbocycles. The largest absolute Gasteiger partial charge is 0.462 e. The molecule has 0 aromatic heterocycles. The summed E-state index contributed by atoms with van der Waals surface area (Å²) in [4.78, 5) is 38.4. The molecule has 6 heteroatoms. The van der Waals surface area contributed by atoms with Crippen LogP contribution in [0.2, 0.25) is 0 Å². The van der Waals surface area contributed by atoms with Gasteiger partial charge in [-0.1, -0.05) is 310 Å². The summed E-state index contributed by atoms with van der Waals surface area (Å²) in [6, 6.07) is 0. The first-order valence-electron chi connectivity index (χ1n) is 35.4. The van der Waals surface area contributed by atoms with Gasteiger partial charge in [0.15, 0.2) is 6.10 Å². The maximum atomic E-state index is 12.9. The summed E-state index contributed by atoms with van der Waals surface area (Å²) in [7, 11) is 0. The summed E-state index contributed by atoms with van der Waals surface area (Å²) in [5.74, 6) is -0.885. The minimum atomic E-state index is -0.786. The lowest BCUT2D eigenvalue weighted by Crippen LogP contribution is -2.30. The van der Waals surface area contributed by atoms with Crippen molar-refractivity contribution in [1.29, 1.82) is 0 Å². The van der Waals surface area contributed by atoms with E-state index >= 15 is 0 Å². The number of allylic oxidation sites excluding steroid dienone is 18. The number of rotatable bonds is 64. The summed E-state index contributed by atoms with van der Waals surface area (Å²) in [6.45, 7) is 6.48. The molecule has 0 bridgehead atoms. The van der Waals surface area contributed by atoms with Crippen LogP contribution < -0.4 is 0 Å². The zero-order valence-electron chi connectivity index (χ0n) is 54.7. The lowest BCUT2D eigenvalue weighted by molar-refractivity contribution is -0.167. The predicted molar refractivity (Wildman–Crippen MR) is 362 cm³/mol. The third-order valence-corrected chi connectivity index (χ3v) is 15.2. The molecule has 0 rings (SSSR count). The second-order valence-corrected chi connectivity index (χ2v) is 23.4. The first-order valence-corrected chi connectivity index (χ1v) is 35.4. The second kappa shape index (κ2) is 70.6. The standard InChI is InChI=1S/C77H132O6/c1-4-7-10-13-16-19-22-25-27-29-31-32-33-34-35-36-37-38-39-40-41-42-43-44-46-47-49-52-55-58-61-64-67-70-76(79)82-73-74(72-81-75(78)69-66-63-60-57-54-51-24-21-18-15-12-9-6-3)83-77(80)71-68-65-62-59-56-53-50-48-45-30-28-26-23-20-17-14-11-8-5-2/h7,10,12,15-16,19,21,24-28,31-32,34-35,37-38,74H,4-6,8-9,11,13-14,17-18,20,22-23,29-30,33,36,39-73H2,1-3H3/b10-7-,15-12-,19-16-,24-21-,27-25-,28-26-,32-31-,35-34-,38-37-. The molecule has 0 aliphatic rings. The maximum Gasteiger partial charge on any atom is 0.306 e. The summed E-state index contributed by atoms with van der Waals surface area (Å²) in [5, 5.41) is 0.